The fourth-order valence-electron chi connectivity index (χ4n) is 1.50. The topological polar surface area (TPSA) is 73.1 Å². The molecule has 0 bridgehead atoms. The van der Waals surface area contributed by atoms with Gasteiger partial charge in [-0.1, -0.05) is 11.8 Å². The summed E-state index contributed by atoms with van der Waals surface area (Å²) in [6.45, 7) is 0. The van der Waals surface area contributed by atoms with Crippen molar-refractivity contribution in [2.75, 3.05) is 24.4 Å². The van der Waals surface area contributed by atoms with E-state index in [9.17, 15) is 4.39 Å². The molecule has 1 aromatic carbocycles. The second-order valence-corrected chi connectivity index (χ2v) is 4.41. The van der Waals surface area contributed by atoms with E-state index in [4.69, 9.17) is 10.5 Å². The Hall–Kier alpha value is -2.02. The molecule has 100 valence electrons. The predicted octanol–water partition coefficient (Wildman–Crippen LogP) is 2.67. The first kappa shape index (κ1) is 13.4. The number of nitrogens with one attached hydrogen (secondary N) is 1. The normalized spacial score (nSPS) is 10.3. The summed E-state index contributed by atoms with van der Waals surface area (Å²) in [4.78, 5) is 8.31. The van der Waals surface area contributed by atoms with E-state index >= 15 is 0 Å². The van der Waals surface area contributed by atoms with Crippen LogP contribution in [-0.2, 0) is 0 Å². The van der Waals surface area contributed by atoms with Crippen LogP contribution in [0.2, 0.25) is 0 Å². The Morgan fingerprint density at radius 3 is 2.79 bits per heavy atom. The van der Waals surface area contributed by atoms with Crippen molar-refractivity contribution in [1.82, 2.24) is 9.97 Å². The molecule has 1 aromatic heterocycles. The number of benzene rings is 1. The molecular weight excluding hydrogens is 267 g/mol. The van der Waals surface area contributed by atoms with Crippen LogP contribution in [0, 0.1) is 5.82 Å². The Kier molecular flexibility index (Phi) is 4.06. The summed E-state index contributed by atoms with van der Waals surface area (Å²) in [7, 11) is 1.47. The number of methoxy groups -OCH3 is 1. The molecule has 3 N–H and O–H groups in total. The van der Waals surface area contributed by atoms with E-state index in [0.29, 0.717) is 28.2 Å². The van der Waals surface area contributed by atoms with E-state index in [1.807, 2.05) is 6.26 Å². The maximum atomic E-state index is 13.1. The fraction of sp³-hybridized carbons (Fsp3) is 0.167. The summed E-state index contributed by atoms with van der Waals surface area (Å²) in [5, 5.41) is 3.59. The molecule has 0 unspecified atom stereocenters. The van der Waals surface area contributed by atoms with Crippen molar-refractivity contribution < 1.29 is 9.13 Å². The maximum absolute atomic E-state index is 13.1. The summed E-state index contributed by atoms with van der Waals surface area (Å²) in [6.07, 6.45) is 1.86. The fourth-order valence-corrected chi connectivity index (χ4v) is 1.89. The van der Waals surface area contributed by atoms with E-state index < -0.39 is 0 Å². The molecule has 19 heavy (non-hydrogen) atoms. The number of rotatable bonds is 4. The van der Waals surface area contributed by atoms with E-state index in [2.05, 4.69) is 15.3 Å². The second kappa shape index (κ2) is 5.75. The molecule has 2 aromatic rings. The van der Waals surface area contributed by atoms with Crippen LogP contribution >= 0.6 is 11.8 Å². The quantitative estimate of drug-likeness (QED) is 0.662. The zero-order valence-corrected chi connectivity index (χ0v) is 11.3. The Morgan fingerprint density at radius 2 is 2.11 bits per heavy atom. The van der Waals surface area contributed by atoms with Gasteiger partial charge in [-0.25, -0.2) is 14.4 Å². The highest BCUT2D eigenvalue weighted by molar-refractivity contribution is 7.98. The zero-order chi connectivity index (χ0) is 13.8. The molecule has 0 amide bonds. The number of ether oxygens (including phenoxy) is 1. The molecule has 1 heterocycles. The van der Waals surface area contributed by atoms with Crippen molar-refractivity contribution in [3.63, 3.8) is 0 Å². The van der Waals surface area contributed by atoms with Crippen molar-refractivity contribution in [3.05, 3.63) is 30.1 Å². The van der Waals surface area contributed by atoms with Gasteiger partial charge in [0.15, 0.2) is 5.16 Å². The number of halogens is 1. The third-order valence-electron chi connectivity index (χ3n) is 2.33. The molecule has 5 nitrogen and oxygen atoms in total. The van der Waals surface area contributed by atoms with Crippen LogP contribution in [0.3, 0.4) is 0 Å². The lowest BCUT2D eigenvalue weighted by atomic mass is 10.3. The minimum absolute atomic E-state index is 0.364. The summed E-state index contributed by atoms with van der Waals surface area (Å²) >= 11 is 1.39. The van der Waals surface area contributed by atoms with Crippen LogP contribution in [0.15, 0.2) is 29.4 Å². The lowest BCUT2D eigenvalue weighted by Crippen LogP contribution is -2.01. The van der Waals surface area contributed by atoms with Gasteiger partial charge in [-0.15, -0.1) is 0 Å². The van der Waals surface area contributed by atoms with E-state index in [0.717, 1.165) is 0 Å². The molecule has 2 rings (SSSR count). The van der Waals surface area contributed by atoms with Crippen molar-refractivity contribution in [1.29, 1.82) is 0 Å². The molecule has 0 atom stereocenters. The number of aromatic nitrogens is 2. The summed E-state index contributed by atoms with van der Waals surface area (Å²) in [5.74, 6) is 0.918. The van der Waals surface area contributed by atoms with Gasteiger partial charge in [0.2, 0.25) is 0 Å². The molecule has 0 radical (unpaired) electrons. The maximum Gasteiger partial charge on any atom is 0.191 e. The molecule has 0 saturated carbocycles. The summed E-state index contributed by atoms with van der Waals surface area (Å²) in [5.41, 5.74) is 6.29. The van der Waals surface area contributed by atoms with Crippen molar-refractivity contribution >= 4 is 29.1 Å². The molecule has 7 heteroatoms. The lowest BCUT2D eigenvalue weighted by Gasteiger charge is -2.11. The van der Waals surface area contributed by atoms with E-state index in [-0.39, 0.29) is 5.82 Å². The molecule has 0 fully saturated rings. The van der Waals surface area contributed by atoms with Crippen LogP contribution in [0.5, 0.6) is 5.75 Å². The van der Waals surface area contributed by atoms with E-state index in [1.54, 1.807) is 12.1 Å². The Labute approximate surface area is 114 Å². The van der Waals surface area contributed by atoms with Crippen LogP contribution < -0.4 is 15.8 Å². The number of nitrogen functional groups attached to an aromatic ring is 1. The largest absolute Gasteiger partial charge is 0.494 e. The van der Waals surface area contributed by atoms with Gasteiger partial charge < -0.3 is 15.8 Å². The van der Waals surface area contributed by atoms with Gasteiger partial charge >= 0.3 is 0 Å². The van der Waals surface area contributed by atoms with Gasteiger partial charge in [-0.05, 0) is 18.4 Å². The predicted molar refractivity (Wildman–Crippen MR) is 74.5 cm³/mol. The smallest absolute Gasteiger partial charge is 0.191 e. The molecule has 0 spiro atoms. The van der Waals surface area contributed by atoms with Crippen molar-refractivity contribution in [2.45, 2.75) is 5.16 Å². The first-order valence-corrected chi connectivity index (χ1v) is 6.64. The number of nitrogens with zero attached hydrogens (tertiary/aromatic N) is 2. The third kappa shape index (κ3) is 3.25. The highest BCUT2D eigenvalue weighted by Crippen LogP contribution is 2.28. The molecule has 0 aliphatic carbocycles. The first-order chi connectivity index (χ1) is 9.12. The van der Waals surface area contributed by atoms with Crippen molar-refractivity contribution in [2.24, 2.45) is 0 Å². The van der Waals surface area contributed by atoms with Gasteiger partial charge in [0, 0.05) is 12.1 Å². The van der Waals surface area contributed by atoms with Crippen LogP contribution in [0.1, 0.15) is 0 Å². The SMILES string of the molecule is COc1cc(F)ccc1Nc1cc(N)nc(SC)n1. The van der Waals surface area contributed by atoms with Gasteiger partial charge in [0.25, 0.3) is 0 Å². The van der Waals surface area contributed by atoms with Gasteiger partial charge in [0.1, 0.15) is 23.2 Å². The standard InChI is InChI=1S/C12H13FN4OS/c1-18-9-5-7(13)3-4-8(9)15-11-6-10(14)16-12(17-11)19-2/h3-6H,1-2H3,(H3,14,15,16,17). The van der Waals surface area contributed by atoms with E-state index in [1.165, 1.54) is 31.0 Å². The zero-order valence-electron chi connectivity index (χ0n) is 10.5. The van der Waals surface area contributed by atoms with Gasteiger partial charge in [0.05, 0.1) is 12.8 Å². The highest BCUT2D eigenvalue weighted by atomic mass is 32.2. The Balaban J connectivity index is 2.33. The van der Waals surface area contributed by atoms with Crippen LogP contribution in [-0.4, -0.2) is 23.3 Å². The number of hydrogen-bond acceptors (Lipinski definition) is 6. The average molecular weight is 280 g/mol. The monoisotopic (exact) mass is 280 g/mol. The minimum Gasteiger partial charge on any atom is -0.494 e. The van der Waals surface area contributed by atoms with Crippen molar-refractivity contribution in [3.8, 4) is 5.75 Å². The molecular formula is C12H13FN4OS. The number of hydrogen-bond donors (Lipinski definition) is 2. The van der Waals surface area contributed by atoms with Gasteiger partial charge in [-0.2, -0.15) is 0 Å². The number of nitrogens with two attached hydrogens (primary N) is 1. The Morgan fingerprint density at radius 1 is 1.32 bits per heavy atom. The van der Waals surface area contributed by atoms with Crippen LogP contribution in [0.25, 0.3) is 0 Å². The highest BCUT2D eigenvalue weighted by Gasteiger charge is 2.07. The average Bonchev–Trinajstić information content (AvgIpc) is 2.40. The number of thioether (sulfide) groups is 1. The molecule has 0 aliphatic heterocycles. The molecule has 0 aliphatic rings. The van der Waals surface area contributed by atoms with Crippen LogP contribution in [0.4, 0.5) is 21.7 Å². The molecule has 0 saturated heterocycles. The summed E-state index contributed by atoms with van der Waals surface area (Å²) < 4.78 is 18.2. The first-order valence-electron chi connectivity index (χ1n) is 5.41. The minimum atomic E-state index is -0.366. The Bertz CT molecular complexity index is 594. The third-order valence-corrected chi connectivity index (χ3v) is 2.88. The number of anilines is 3. The summed E-state index contributed by atoms with van der Waals surface area (Å²) in [6, 6.07) is 5.81. The second-order valence-electron chi connectivity index (χ2n) is 3.63. The van der Waals surface area contributed by atoms with Gasteiger partial charge in [-0.3, -0.25) is 0 Å². The lowest BCUT2D eigenvalue weighted by molar-refractivity contribution is 0.413.